The van der Waals surface area contributed by atoms with E-state index in [1.807, 2.05) is 12.1 Å². The summed E-state index contributed by atoms with van der Waals surface area (Å²) in [7, 11) is 3.28. The van der Waals surface area contributed by atoms with Crippen molar-refractivity contribution in [2.75, 3.05) is 14.2 Å². The van der Waals surface area contributed by atoms with Gasteiger partial charge in [-0.3, -0.25) is 0 Å². The molecule has 0 aliphatic heterocycles. The molecule has 112 valence electrons. The molecule has 4 heteroatoms. The number of methoxy groups -OCH3 is 2. The molecule has 0 heterocycles. The van der Waals surface area contributed by atoms with Gasteiger partial charge in [0.2, 0.25) is 0 Å². The van der Waals surface area contributed by atoms with Crippen molar-refractivity contribution in [2.24, 2.45) is 0 Å². The third-order valence-electron chi connectivity index (χ3n) is 3.27. The van der Waals surface area contributed by atoms with Gasteiger partial charge in [-0.25, -0.2) is 0 Å². The Kier molecular flexibility index (Phi) is 5.65. The SMILES string of the molecule is COc1cc(CNCc2ccc(C)cc2)cc(Br)c1OC. The second-order valence-electron chi connectivity index (χ2n) is 4.90. The number of benzene rings is 2. The largest absolute Gasteiger partial charge is 0.493 e. The highest BCUT2D eigenvalue weighted by Gasteiger charge is 2.10. The molecule has 0 saturated heterocycles. The first-order chi connectivity index (χ1) is 10.1. The molecule has 0 aliphatic carbocycles. The van der Waals surface area contributed by atoms with Crippen molar-refractivity contribution in [1.29, 1.82) is 0 Å². The van der Waals surface area contributed by atoms with Gasteiger partial charge >= 0.3 is 0 Å². The summed E-state index contributed by atoms with van der Waals surface area (Å²) in [6.45, 7) is 3.71. The Balaban J connectivity index is 2.00. The molecular formula is C17H20BrNO2. The summed E-state index contributed by atoms with van der Waals surface area (Å²) in [6, 6.07) is 12.6. The van der Waals surface area contributed by atoms with Crippen LogP contribution in [0.3, 0.4) is 0 Å². The van der Waals surface area contributed by atoms with Crippen LogP contribution in [0.1, 0.15) is 16.7 Å². The van der Waals surface area contributed by atoms with Gasteiger partial charge in [0.1, 0.15) is 0 Å². The highest BCUT2D eigenvalue weighted by Crippen LogP contribution is 2.36. The van der Waals surface area contributed by atoms with Gasteiger partial charge in [0.15, 0.2) is 11.5 Å². The molecule has 0 unspecified atom stereocenters. The van der Waals surface area contributed by atoms with Crippen molar-refractivity contribution >= 4 is 15.9 Å². The zero-order chi connectivity index (χ0) is 15.2. The fourth-order valence-electron chi connectivity index (χ4n) is 2.13. The van der Waals surface area contributed by atoms with Gasteiger partial charge in [-0.1, -0.05) is 29.8 Å². The van der Waals surface area contributed by atoms with Crippen LogP contribution in [0.4, 0.5) is 0 Å². The molecule has 1 N–H and O–H groups in total. The van der Waals surface area contributed by atoms with E-state index in [9.17, 15) is 0 Å². The smallest absolute Gasteiger partial charge is 0.174 e. The minimum atomic E-state index is 0.722. The Morgan fingerprint density at radius 3 is 2.24 bits per heavy atom. The van der Waals surface area contributed by atoms with E-state index in [4.69, 9.17) is 9.47 Å². The van der Waals surface area contributed by atoms with Crippen molar-refractivity contribution in [3.8, 4) is 11.5 Å². The summed E-state index contributed by atoms with van der Waals surface area (Å²) in [4.78, 5) is 0. The predicted octanol–water partition coefficient (Wildman–Crippen LogP) is 4.06. The zero-order valence-corrected chi connectivity index (χ0v) is 14.2. The summed E-state index contributed by atoms with van der Waals surface area (Å²) in [5, 5.41) is 3.44. The van der Waals surface area contributed by atoms with E-state index in [0.717, 1.165) is 34.6 Å². The van der Waals surface area contributed by atoms with Crippen LogP contribution >= 0.6 is 15.9 Å². The standard InChI is InChI=1S/C17H20BrNO2/c1-12-4-6-13(7-5-12)10-19-11-14-8-15(18)17(21-3)16(9-14)20-2/h4-9,19H,10-11H2,1-3H3. The van der Waals surface area contributed by atoms with Crippen LogP contribution in [0.15, 0.2) is 40.9 Å². The molecule has 0 atom stereocenters. The van der Waals surface area contributed by atoms with Crippen LogP contribution in [0.25, 0.3) is 0 Å². The Morgan fingerprint density at radius 1 is 0.952 bits per heavy atom. The number of hydrogen-bond acceptors (Lipinski definition) is 3. The van der Waals surface area contributed by atoms with Gasteiger partial charge in [0.05, 0.1) is 18.7 Å². The third-order valence-corrected chi connectivity index (χ3v) is 3.86. The number of ether oxygens (including phenoxy) is 2. The molecule has 2 rings (SSSR count). The fraction of sp³-hybridized carbons (Fsp3) is 0.294. The van der Waals surface area contributed by atoms with Crippen LogP contribution in [0, 0.1) is 6.92 Å². The maximum Gasteiger partial charge on any atom is 0.174 e. The summed E-state index contributed by atoms with van der Waals surface area (Å²) in [5.74, 6) is 1.46. The van der Waals surface area contributed by atoms with Crippen LogP contribution < -0.4 is 14.8 Å². The molecular weight excluding hydrogens is 330 g/mol. The number of nitrogens with one attached hydrogen (secondary N) is 1. The molecule has 0 aliphatic rings. The molecule has 0 radical (unpaired) electrons. The number of aryl methyl sites for hydroxylation is 1. The van der Waals surface area contributed by atoms with E-state index in [1.54, 1.807) is 14.2 Å². The first-order valence-electron chi connectivity index (χ1n) is 6.80. The van der Waals surface area contributed by atoms with Gasteiger partial charge in [-0.15, -0.1) is 0 Å². The van der Waals surface area contributed by atoms with Gasteiger partial charge < -0.3 is 14.8 Å². The second-order valence-corrected chi connectivity index (χ2v) is 5.76. The molecule has 0 bridgehead atoms. The monoisotopic (exact) mass is 349 g/mol. The molecule has 0 saturated carbocycles. The molecule has 21 heavy (non-hydrogen) atoms. The Bertz CT molecular complexity index is 596. The van der Waals surface area contributed by atoms with Gasteiger partial charge in [0.25, 0.3) is 0 Å². The van der Waals surface area contributed by atoms with Crippen LogP contribution in [-0.2, 0) is 13.1 Å². The molecule has 0 amide bonds. The van der Waals surface area contributed by atoms with Crippen molar-refractivity contribution in [3.63, 3.8) is 0 Å². The highest BCUT2D eigenvalue weighted by atomic mass is 79.9. The molecule has 0 aromatic heterocycles. The highest BCUT2D eigenvalue weighted by molar-refractivity contribution is 9.10. The van der Waals surface area contributed by atoms with Gasteiger partial charge in [-0.05, 0) is 46.1 Å². The molecule has 0 fully saturated rings. The van der Waals surface area contributed by atoms with E-state index >= 15 is 0 Å². The number of rotatable bonds is 6. The van der Waals surface area contributed by atoms with Crippen molar-refractivity contribution in [2.45, 2.75) is 20.0 Å². The second kappa shape index (κ2) is 7.48. The summed E-state index contributed by atoms with van der Waals surface area (Å²) < 4.78 is 11.6. The Morgan fingerprint density at radius 2 is 1.62 bits per heavy atom. The normalized spacial score (nSPS) is 10.5. The average Bonchev–Trinajstić information content (AvgIpc) is 2.48. The van der Waals surface area contributed by atoms with E-state index in [1.165, 1.54) is 11.1 Å². The quantitative estimate of drug-likeness (QED) is 0.852. The van der Waals surface area contributed by atoms with Crippen LogP contribution in [0.2, 0.25) is 0 Å². The fourth-order valence-corrected chi connectivity index (χ4v) is 2.78. The van der Waals surface area contributed by atoms with E-state index in [2.05, 4.69) is 52.4 Å². The lowest BCUT2D eigenvalue weighted by atomic mass is 10.1. The van der Waals surface area contributed by atoms with Gasteiger partial charge in [-0.2, -0.15) is 0 Å². The van der Waals surface area contributed by atoms with E-state index in [-0.39, 0.29) is 0 Å². The summed E-state index contributed by atoms with van der Waals surface area (Å²) >= 11 is 3.51. The van der Waals surface area contributed by atoms with Crippen molar-refractivity contribution < 1.29 is 9.47 Å². The van der Waals surface area contributed by atoms with Gasteiger partial charge in [0, 0.05) is 13.1 Å². The lowest BCUT2D eigenvalue weighted by Gasteiger charge is -2.12. The average molecular weight is 350 g/mol. The maximum atomic E-state index is 5.35. The minimum Gasteiger partial charge on any atom is -0.493 e. The first-order valence-corrected chi connectivity index (χ1v) is 7.60. The van der Waals surface area contributed by atoms with Crippen LogP contribution in [-0.4, -0.2) is 14.2 Å². The Labute approximate surface area is 134 Å². The van der Waals surface area contributed by atoms with Crippen molar-refractivity contribution in [1.82, 2.24) is 5.32 Å². The third kappa shape index (κ3) is 4.22. The lowest BCUT2D eigenvalue weighted by Crippen LogP contribution is -2.12. The molecule has 0 spiro atoms. The predicted molar refractivity (Wildman–Crippen MR) is 89.0 cm³/mol. The maximum absolute atomic E-state index is 5.35. The van der Waals surface area contributed by atoms with Crippen molar-refractivity contribution in [3.05, 3.63) is 57.6 Å². The van der Waals surface area contributed by atoms with Crippen LogP contribution in [0.5, 0.6) is 11.5 Å². The zero-order valence-electron chi connectivity index (χ0n) is 12.6. The summed E-state index contributed by atoms with van der Waals surface area (Å²) in [5.41, 5.74) is 3.70. The molecule has 3 nitrogen and oxygen atoms in total. The first kappa shape index (κ1) is 15.9. The number of halogens is 1. The summed E-state index contributed by atoms with van der Waals surface area (Å²) in [6.07, 6.45) is 0. The number of hydrogen-bond donors (Lipinski definition) is 1. The molecule has 2 aromatic rings. The van der Waals surface area contributed by atoms with E-state index in [0.29, 0.717) is 0 Å². The van der Waals surface area contributed by atoms with E-state index < -0.39 is 0 Å². The topological polar surface area (TPSA) is 30.5 Å². The minimum absolute atomic E-state index is 0.722. The molecule has 2 aromatic carbocycles. The Hall–Kier alpha value is -1.52. The lowest BCUT2D eigenvalue weighted by molar-refractivity contribution is 0.352.